The van der Waals surface area contributed by atoms with Crippen molar-refractivity contribution in [2.75, 3.05) is 12.4 Å². The highest BCUT2D eigenvalue weighted by Gasteiger charge is 2.35. The second-order valence-corrected chi connectivity index (χ2v) is 5.50. The summed E-state index contributed by atoms with van der Waals surface area (Å²) >= 11 is 5.86. The highest BCUT2D eigenvalue weighted by molar-refractivity contribution is 6.31. The third kappa shape index (κ3) is 3.53. The summed E-state index contributed by atoms with van der Waals surface area (Å²) in [4.78, 5) is 7.10. The van der Waals surface area contributed by atoms with Crippen molar-refractivity contribution in [2.45, 2.75) is 6.18 Å². The summed E-state index contributed by atoms with van der Waals surface area (Å²) in [6.07, 6.45) is -4.73. The molecule has 1 aromatic heterocycles. The van der Waals surface area contributed by atoms with E-state index in [1.54, 1.807) is 6.07 Å². The van der Waals surface area contributed by atoms with Gasteiger partial charge in [0.25, 0.3) is 0 Å². The van der Waals surface area contributed by atoms with Gasteiger partial charge in [0.2, 0.25) is 5.82 Å². The Bertz CT molecular complexity index is 948. The molecule has 0 saturated heterocycles. The second-order valence-electron chi connectivity index (χ2n) is 5.06. The van der Waals surface area contributed by atoms with E-state index in [4.69, 9.17) is 16.3 Å². The van der Waals surface area contributed by atoms with Gasteiger partial charge >= 0.3 is 6.18 Å². The van der Waals surface area contributed by atoms with Gasteiger partial charge in [0.05, 0.1) is 18.3 Å². The molecule has 5 nitrogen and oxygen atoms in total. The van der Waals surface area contributed by atoms with Crippen molar-refractivity contribution in [3.8, 4) is 11.5 Å². The van der Waals surface area contributed by atoms with Crippen molar-refractivity contribution in [1.29, 1.82) is 0 Å². The second kappa shape index (κ2) is 6.29. The molecule has 2 N–H and O–H groups in total. The van der Waals surface area contributed by atoms with Crippen molar-refractivity contribution in [1.82, 2.24) is 9.97 Å². The van der Waals surface area contributed by atoms with Gasteiger partial charge in [0.1, 0.15) is 17.3 Å². The van der Waals surface area contributed by atoms with E-state index in [2.05, 4.69) is 15.3 Å². The van der Waals surface area contributed by atoms with E-state index in [1.165, 1.54) is 37.4 Å². The minimum absolute atomic E-state index is 0.0469. The lowest BCUT2D eigenvalue weighted by molar-refractivity contribution is -0.144. The molecule has 0 aliphatic carbocycles. The predicted molar refractivity (Wildman–Crippen MR) is 87.5 cm³/mol. The molecule has 130 valence electrons. The number of phenols is 1. The van der Waals surface area contributed by atoms with Crippen LogP contribution in [0.1, 0.15) is 5.82 Å². The lowest BCUT2D eigenvalue weighted by Gasteiger charge is -2.14. The van der Waals surface area contributed by atoms with Gasteiger partial charge in [-0.25, -0.2) is 9.97 Å². The Morgan fingerprint density at radius 1 is 1.12 bits per heavy atom. The topological polar surface area (TPSA) is 67.3 Å². The zero-order valence-corrected chi connectivity index (χ0v) is 13.5. The molecule has 0 saturated carbocycles. The summed E-state index contributed by atoms with van der Waals surface area (Å²) in [6, 6.07) is 8.62. The van der Waals surface area contributed by atoms with Gasteiger partial charge in [-0.3, -0.25) is 0 Å². The quantitative estimate of drug-likeness (QED) is 0.651. The highest BCUT2D eigenvalue weighted by atomic mass is 35.5. The van der Waals surface area contributed by atoms with Crippen LogP contribution in [0.15, 0.2) is 36.4 Å². The maximum absolute atomic E-state index is 13.1. The van der Waals surface area contributed by atoms with Gasteiger partial charge in [0.15, 0.2) is 0 Å². The molecule has 0 spiro atoms. The normalized spacial score (nSPS) is 11.6. The van der Waals surface area contributed by atoms with Gasteiger partial charge in [-0.1, -0.05) is 11.6 Å². The molecule has 0 unspecified atom stereocenters. The zero-order chi connectivity index (χ0) is 18.2. The van der Waals surface area contributed by atoms with E-state index < -0.39 is 12.0 Å². The molecule has 0 amide bonds. The fraction of sp³-hybridized carbons (Fsp3) is 0.125. The molecule has 25 heavy (non-hydrogen) atoms. The highest BCUT2D eigenvalue weighted by Crippen LogP contribution is 2.35. The van der Waals surface area contributed by atoms with Crippen LogP contribution in [0.5, 0.6) is 11.5 Å². The van der Waals surface area contributed by atoms with E-state index in [0.717, 1.165) is 0 Å². The number of rotatable bonds is 3. The van der Waals surface area contributed by atoms with E-state index in [-0.39, 0.29) is 22.8 Å². The average molecular weight is 370 g/mol. The number of hydrogen-bond donors (Lipinski definition) is 2. The number of fused-ring (bicyclic) bond motifs is 1. The van der Waals surface area contributed by atoms with Crippen LogP contribution in [0.2, 0.25) is 5.02 Å². The summed E-state index contributed by atoms with van der Waals surface area (Å²) in [5, 5.41) is 13.2. The Morgan fingerprint density at radius 3 is 2.56 bits per heavy atom. The summed E-state index contributed by atoms with van der Waals surface area (Å²) in [6.45, 7) is 0. The number of nitrogens with one attached hydrogen (secondary N) is 1. The molecule has 3 aromatic rings. The van der Waals surface area contributed by atoms with Gasteiger partial charge in [-0.15, -0.1) is 0 Å². The van der Waals surface area contributed by atoms with E-state index in [1.807, 2.05) is 0 Å². The maximum Gasteiger partial charge on any atom is 0.451 e. The lowest BCUT2D eigenvalue weighted by Crippen LogP contribution is -2.12. The SMILES string of the molecule is COc1ccc2c(Nc3cc(Cl)ccc3O)nc(C(F)(F)F)nc2c1. The third-order valence-electron chi connectivity index (χ3n) is 3.37. The Hall–Kier alpha value is -2.74. The van der Waals surface area contributed by atoms with E-state index in [0.29, 0.717) is 16.2 Å². The predicted octanol–water partition coefficient (Wildman–Crippen LogP) is 4.76. The number of nitrogens with zero attached hydrogens (tertiary/aromatic N) is 2. The van der Waals surface area contributed by atoms with E-state index in [9.17, 15) is 18.3 Å². The molecule has 0 aliphatic heterocycles. The summed E-state index contributed by atoms with van der Waals surface area (Å²) in [7, 11) is 1.40. The van der Waals surface area contributed by atoms with Crippen molar-refractivity contribution >= 4 is 34.0 Å². The number of aromatic hydroxyl groups is 1. The number of ether oxygens (including phenoxy) is 1. The van der Waals surface area contributed by atoms with Gasteiger partial charge in [-0.05, 0) is 30.3 Å². The summed E-state index contributed by atoms with van der Waals surface area (Å²) < 4.78 is 44.3. The molecular formula is C16H11ClF3N3O2. The Kier molecular flexibility index (Phi) is 4.30. The number of phenolic OH excluding ortho intramolecular Hbond substituents is 1. The number of alkyl halides is 3. The first-order valence-corrected chi connectivity index (χ1v) is 7.34. The Morgan fingerprint density at radius 2 is 1.88 bits per heavy atom. The molecule has 0 radical (unpaired) electrons. The number of benzene rings is 2. The van der Waals surface area contributed by atoms with Crippen LogP contribution in [0, 0.1) is 0 Å². The first kappa shape index (κ1) is 17.1. The zero-order valence-electron chi connectivity index (χ0n) is 12.7. The smallest absolute Gasteiger partial charge is 0.451 e. The Labute approximate surface area is 145 Å². The molecule has 0 atom stereocenters. The van der Waals surface area contributed by atoms with Crippen LogP contribution in [-0.4, -0.2) is 22.2 Å². The number of hydrogen-bond acceptors (Lipinski definition) is 5. The standard InChI is InChI=1S/C16H11ClF3N3O2/c1-25-9-3-4-10-11(7-9)22-15(16(18,19)20)23-14(10)21-12-6-8(17)2-5-13(12)24/h2-7,24H,1H3,(H,21,22,23). The first-order chi connectivity index (χ1) is 11.8. The molecule has 0 aliphatic rings. The molecule has 0 bridgehead atoms. The van der Waals surface area contributed by atoms with E-state index >= 15 is 0 Å². The van der Waals surface area contributed by atoms with Gasteiger partial charge in [0, 0.05) is 16.5 Å². The van der Waals surface area contributed by atoms with Crippen LogP contribution in [0.3, 0.4) is 0 Å². The molecule has 1 heterocycles. The van der Waals surface area contributed by atoms with Crippen LogP contribution in [0.25, 0.3) is 10.9 Å². The largest absolute Gasteiger partial charge is 0.506 e. The molecular weight excluding hydrogens is 359 g/mol. The molecule has 2 aromatic carbocycles. The minimum atomic E-state index is -4.73. The summed E-state index contributed by atoms with van der Waals surface area (Å²) in [5.74, 6) is -1.25. The monoisotopic (exact) mass is 369 g/mol. The van der Waals surface area contributed by atoms with Crippen LogP contribution >= 0.6 is 11.6 Å². The number of anilines is 2. The van der Waals surface area contributed by atoms with Crippen LogP contribution < -0.4 is 10.1 Å². The summed E-state index contributed by atoms with van der Waals surface area (Å²) in [5.41, 5.74) is 0.169. The maximum atomic E-state index is 13.1. The first-order valence-electron chi connectivity index (χ1n) is 6.96. The fourth-order valence-electron chi connectivity index (χ4n) is 2.19. The van der Waals surface area contributed by atoms with Crippen molar-refractivity contribution < 1.29 is 23.0 Å². The number of halogens is 4. The number of methoxy groups -OCH3 is 1. The van der Waals surface area contributed by atoms with Crippen LogP contribution in [-0.2, 0) is 6.18 Å². The third-order valence-corrected chi connectivity index (χ3v) is 3.60. The van der Waals surface area contributed by atoms with Crippen molar-refractivity contribution in [3.05, 3.63) is 47.2 Å². The molecule has 0 fully saturated rings. The minimum Gasteiger partial charge on any atom is -0.506 e. The lowest BCUT2D eigenvalue weighted by atomic mass is 10.2. The van der Waals surface area contributed by atoms with Crippen molar-refractivity contribution in [2.24, 2.45) is 0 Å². The Balaban J connectivity index is 2.19. The molecule has 3 rings (SSSR count). The number of aromatic nitrogens is 2. The van der Waals surface area contributed by atoms with Crippen molar-refractivity contribution in [3.63, 3.8) is 0 Å². The van der Waals surface area contributed by atoms with Gasteiger partial charge < -0.3 is 15.2 Å². The van der Waals surface area contributed by atoms with Crippen LogP contribution in [0.4, 0.5) is 24.7 Å². The molecule has 9 heteroatoms. The fourth-order valence-corrected chi connectivity index (χ4v) is 2.37. The average Bonchev–Trinajstić information content (AvgIpc) is 2.56. The van der Waals surface area contributed by atoms with Gasteiger partial charge in [-0.2, -0.15) is 13.2 Å².